The molecule has 0 radical (unpaired) electrons. The summed E-state index contributed by atoms with van der Waals surface area (Å²) < 4.78 is 0. The van der Waals surface area contributed by atoms with E-state index in [9.17, 15) is 0 Å². The number of likely N-dealkylation sites (N-methyl/N-ethyl adjacent to an activating group) is 2. The molecule has 1 heterocycles. The molecule has 0 aliphatic carbocycles. The molecule has 3 heteroatoms. The summed E-state index contributed by atoms with van der Waals surface area (Å²) in [7, 11) is 4.46. The van der Waals surface area contributed by atoms with Crippen molar-refractivity contribution in [3.63, 3.8) is 0 Å². The summed E-state index contributed by atoms with van der Waals surface area (Å²) in [6.07, 6.45) is 2.56. The largest absolute Gasteiger partial charge is 0.326 e. The van der Waals surface area contributed by atoms with Crippen LogP contribution in [0.1, 0.15) is 36.9 Å². The number of nitrogens with two attached hydrogens (primary N) is 1. The molecule has 0 aromatic heterocycles. The summed E-state index contributed by atoms with van der Waals surface area (Å²) in [5.74, 6) is 0. The van der Waals surface area contributed by atoms with Gasteiger partial charge in [0.05, 0.1) is 0 Å². The van der Waals surface area contributed by atoms with Crippen LogP contribution < -0.4 is 5.73 Å². The van der Waals surface area contributed by atoms with E-state index in [1.54, 1.807) is 0 Å². The number of aryl methyl sites for hydroxylation is 1. The molecule has 1 fully saturated rings. The second-order valence-corrected chi connectivity index (χ2v) is 6.38. The minimum absolute atomic E-state index is 0.133. The molecule has 3 nitrogen and oxygen atoms in total. The standard InChI is InChI=1S/C17H29N3/c1-13-8-5-6-10-16(13)17(14(2)18)20(4)15-9-7-11-19(3)12-15/h5-6,8,10,14-15,17H,7,9,11-12,18H2,1-4H3. The molecular weight excluding hydrogens is 246 g/mol. The fourth-order valence-corrected chi connectivity index (χ4v) is 3.49. The maximum Gasteiger partial charge on any atom is 0.0499 e. The number of benzene rings is 1. The maximum atomic E-state index is 6.32. The van der Waals surface area contributed by atoms with Gasteiger partial charge in [-0.25, -0.2) is 0 Å². The fourth-order valence-electron chi connectivity index (χ4n) is 3.49. The third-order valence-electron chi connectivity index (χ3n) is 4.62. The average molecular weight is 275 g/mol. The number of rotatable bonds is 4. The van der Waals surface area contributed by atoms with Crippen LogP contribution in [0.5, 0.6) is 0 Å². The van der Waals surface area contributed by atoms with Gasteiger partial charge in [0.25, 0.3) is 0 Å². The van der Waals surface area contributed by atoms with Crippen LogP contribution in [-0.4, -0.2) is 49.1 Å². The lowest BCUT2D eigenvalue weighted by atomic mass is 9.92. The Morgan fingerprint density at radius 2 is 2.05 bits per heavy atom. The van der Waals surface area contributed by atoms with Crippen molar-refractivity contribution in [3.05, 3.63) is 35.4 Å². The zero-order valence-corrected chi connectivity index (χ0v) is 13.3. The molecule has 1 aromatic rings. The van der Waals surface area contributed by atoms with Crippen LogP contribution in [0.3, 0.4) is 0 Å². The third-order valence-corrected chi connectivity index (χ3v) is 4.62. The molecule has 3 atom stereocenters. The van der Waals surface area contributed by atoms with E-state index >= 15 is 0 Å². The molecule has 2 rings (SSSR count). The second-order valence-electron chi connectivity index (χ2n) is 6.38. The van der Waals surface area contributed by atoms with Crippen LogP contribution in [0.15, 0.2) is 24.3 Å². The van der Waals surface area contributed by atoms with E-state index < -0.39 is 0 Å². The molecule has 1 aromatic carbocycles. The highest BCUT2D eigenvalue weighted by atomic mass is 15.2. The highest BCUT2D eigenvalue weighted by Gasteiger charge is 2.30. The molecule has 1 aliphatic heterocycles. The maximum absolute atomic E-state index is 6.32. The molecule has 0 saturated carbocycles. The lowest BCUT2D eigenvalue weighted by Crippen LogP contribution is -2.49. The number of piperidine rings is 1. The van der Waals surface area contributed by atoms with Gasteiger partial charge in [0.15, 0.2) is 0 Å². The smallest absolute Gasteiger partial charge is 0.0499 e. The Morgan fingerprint density at radius 3 is 2.65 bits per heavy atom. The number of hydrogen-bond donors (Lipinski definition) is 1. The van der Waals surface area contributed by atoms with Gasteiger partial charge >= 0.3 is 0 Å². The van der Waals surface area contributed by atoms with Crippen LogP contribution in [0.2, 0.25) is 0 Å². The van der Waals surface area contributed by atoms with Crippen LogP contribution >= 0.6 is 0 Å². The van der Waals surface area contributed by atoms with Crippen molar-refractivity contribution in [1.29, 1.82) is 0 Å². The van der Waals surface area contributed by atoms with Gasteiger partial charge in [-0.05, 0) is 58.5 Å². The first-order valence-corrected chi connectivity index (χ1v) is 7.72. The van der Waals surface area contributed by atoms with Gasteiger partial charge in [-0.15, -0.1) is 0 Å². The zero-order valence-electron chi connectivity index (χ0n) is 13.3. The first-order chi connectivity index (χ1) is 9.50. The number of hydrogen-bond acceptors (Lipinski definition) is 3. The molecule has 0 amide bonds. The van der Waals surface area contributed by atoms with Gasteiger partial charge in [0.2, 0.25) is 0 Å². The Bertz CT molecular complexity index is 430. The van der Waals surface area contributed by atoms with Gasteiger partial charge in [0, 0.05) is 24.7 Å². The fraction of sp³-hybridized carbons (Fsp3) is 0.647. The van der Waals surface area contributed by atoms with Gasteiger partial charge in [-0.1, -0.05) is 24.3 Å². The van der Waals surface area contributed by atoms with Crippen molar-refractivity contribution in [2.75, 3.05) is 27.2 Å². The van der Waals surface area contributed by atoms with E-state index in [1.807, 2.05) is 0 Å². The molecular formula is C17H29N3. The average Bonchev–Trinajstić information content (AvgIpc) is 2.40. The summed E-state index contributed by atoms with van der Waals surface area (Å²) in [6.45, 7) is 6.68. The van der Waals surface area contributed by atoms with E-state index in [2.05, 4.69) is 62.0 Å². The first-order valence-electron chi connectivity index (χ1n) is 7.72. The van der Waals surface area contributed by atoms with Crippen molar-refractivity contribution < 1.29 is 0 Å². The molecule has 1 saturated heterocycles. The Labute approximate surface area is 123 Å². The molecule has 2 N–H and O–H groups in total. The first kappa shape index (κ1) is 15.5. The molecule has 0 bridgehead atoms. The van der Waals surface area contributed by atoms with Crippen molar-refractivity contribution in [2.45, 2.75) is 44.8 Å². The van der Waals surface area contributed by atoms with Crippen LogP contribution in [0.4, 0.5) is 0 Å². The molecule has 3 unspecified atom stereocenters. The summed E-state index contributed by atoms with van der Waals surface area (Å²) in [4.78, 5) is 4.93. The summed E-state index contributed by atoms with van der Waals surface area (Å²) in [6, 6.07) is 9.67. The summed E-state index contributed by atoms with van der Waals surface area (Å²) in [5.41, 5.74) is 9.04. The van der Waals surface area contributed by atoms with Crippen molar-refractivity contribution in [2.24, 2.45) is 5.73 Å². The topological polar surface area (TPSA) is 32.5 Å². The minimum Gasteiger partial charge on any atom is -0.326 e. The second kappa shape index (κ2) is 6.70. The van der Waals surface area contributed by atoms with Crippen molar-refractivity contribution in [1.82, 2.24) is 9.80 Å². The summed E-state index contributed by atoms with van der Waals surface area (Å²) in [5, 5.41) is 0. The van der Waals surface area contributed by atoms with E-state index in [0.717, 1.165) is 6.54 Å². The zero-order chi connectivity index (χ0) is 14.7. The van der Waals surface area contributed by atoms with E-state index in [-0.39, 0.29) is 6.04 Å². The van der Waals surface area contributed by atoms with Crippen LogP contribution in [0.25, 0.3) is 0 Å². The molecule has 112 valence electrons. The molecule has 1 aliphatic rings. The highest BCUT2D eigenvalue weighted by Crippen LogP contribution is 2.29. The number of likely N-dealkylation sites (tertiary alicyclic amines) is 1. The van der Waals surface area contributed by atoms with Gasteiger partial charge in [0.1, 0.15) is 0 Å². The van der Waals surface area contributed by atoms with Crippen molar-refractivity contribution in [3.8, 4) is 0 Å². The summed E-state index contributed by atoms with van der Waals surface area (Å²) >= 11 is 0. The quantitative estimate of drug-likeness (QED) is 0.916. The Morgan fingerprint density at radius 1 is 1.35 bits per heavy atom. The van der Waals surface area contributed by atoms with E-state index in [1.165, 1.54) is 30.5 Å². The molecule has 20 heavy (non-hydrogen) atoms. The van der Waals surface area contributed by atoms with Gasteiger partial charge < -0.3 is 10.6 Å². The highest BCUT2D eigenvalue weighted by molar-refractivity contribution is 5.30. The Kier molecular flexibility index (Phi) is 5.19. The van der Waals surface area contributed by atoms with Crippen molar-refractivity contribution >= 4 is 0 Å². The lowest BCUT2D eigenvalue weighted by molar-refractivity contribution is 0.0890. The van der Waals surface area contributed by atoms with Crippen LogP contribution in [0, 0.1) is 6.92 Å². The predicted molar refractivity (Wildman–Crippen MR) is 85.9 cm³/mol. The number of nitrogens with zero attached hydrogens (tertiary/aromatic N) is 2. The monoisotopic (exact) mass is 275 g/mol. The Balaban J connectivity index is 2.22. The third kappa shape index (κ3) is 3.40. The van der Waals surface area contributed by atoms with Gasteiger partial charge in [-0.2, -0.15) is 0 Å². The Hall–Kier alpha value is -0.900. The van der Waals surface area contributed by atoms with E-state index in [0.29, 0.717) is 12.1 Å². The normalized spacial score (nSPS) is 23.8. The predicted octanol–water partition coefficient (Wildman–Crippen LogP) is 2.41. The molecule has 0 spiro atoms. The lowest BCUT2D eigenvalue weighted by Gasteiger charge is -2.42. The van der Waals surface area contributed by atoms with E-state index in [4.69, 9.17) is 5.73 Å². The van der Waals surface area contributed by atoms with Crippen LogP contribution in [-0.2, 0) is 0 Å². The minimum atomic E-state index is 0.133. The SMILES string of the molecule is Cc1ccccc1C(C(C)N)N(C)C1CCCN(C)C1. The van der Waals surface area contributed by atoms with Gasteiger partial charge in [-0.3, -0.25) is 4.90 Å².